The van der Waals surface area contributed by atoms with E-state index in [1.165, 1.54) is 13.0 Å². The second-order valence-electron chi connectivity index (χ2n) is 3.46. The minimum atomic E-state index is -1.95. The van der Waals surface area contributed by atoms with Gasteiger partial charge in [-0.3, -0.25) is 4.79 Å². The molecule has 0 fully saturated rings. The molecule has 0 aliphatic carbocycles. The first kappa shape index (κ1) is 13.6. The molecule has 0 radical (unpaired) electrons. The number of Topliss-reactive ketones (excluding diaryl/α,β-unsaturated/α-hetero) is 1. The average Bonchev–Trinajstić information content (AvgIpc) is 2.26. The summed E-state index contributed by atoms with van der Waals surface area (Å²) in [7, 11) is 0. The van der Waals surface area contributed by atoms with Crippen LogP contribution in [0.25, 0.3) is 0 Å². The molecule has 0 spiro atoms. The summed E-state index contributed by atoms with van der Waals surface area (Å²) >= 11 is 5.55. The van der Waals surface area contributed by atoms with Crippen molar-refractivity contribution in [3.8, 4) is 0 Å². The fourth-order valence-corrected chi connectivity index (χ4v) is 1.39. The lowest BCUT2D eigenvalue weighted by molar-refractivity contribution is -0.147. The number of rotatable bonds is 4. The summed E-state index contributed by atoms with van der Waals surface area (Å²) in [5, 5.41) is 16.9. The maximum absolute atomic E-state index is 13.5. The number of ketones is 1. The molecule has 2 N–H and O–H groups in total. The van der Waals surface area contributed by atoms with E-state index < -0.39 is 34.6 Å². The second kappa shape index (κ2) is 5.25. The van der Waals surface area contributed by atoms with Gasteiger partial charge in [0.1, 0.15) is 5.82 Å². The highest BCUT2D eigenvalue weighted by Crippen LogP contribution is 2.20. The van der Waals surface area contributed by atoms with Gasteiger partial charge in [-0.2, -0.15) is 0 Å². The minimum absolute atomic E-state index is 0.0336. The number of aliphatic hydroxyl groups is 1. The molecule has 0 amide bonds. The van der Waals surface area contributed by atoms with Crippen LogP contribution in [0.5, 0.6) is 0 Å². The molecule has 0 aliphatic rings. The van der Waals surface area contributed by atoms with Crippen molar-refractivity contribution in [2.24, 2.45) is 0 Å². The summed E-state index contributed by atoms with van der Waals surface area (Å²) in [5.41, 5.74) is -0.359. The molecular formula is C11H10ClFO4. The van der Waals surface area contributed by atoms with Crippen LogP contribution in [0.1, 0.15) is 28.9 Å². The average molecular weight is 261 g/mol. The highest BCUT2D eigenvalue weighted by Gasteiger charge is 2.21. The number of hydrogen-bond donors (Lipinski definition) is 2. The second-order valence-corrected chi connectivity index (χ2v) is 4.11. The van der Waals surface area contributed by atoms with Gasteiger partial charge in [0, 0.05) is 11.1 Å². The Kier molecular flexibility index (Phi) is 4.20. The molecule has 4 nitrogen and oxygen atoms in total. The van der Waals surface area contributed by atoms with E-state index in [9.17, 15) is 14.0 Å². The summed E-state index contributed by atoms with van der Waals surface area (Å²) in [6.45, 7) is 1.45. The van der Waals surface area contributed by atoms with Gasteiger partial charge < -0.3 is 10.2 Å². The SMILES string of the molecule is CC(Cl)C(=O)c1ccc(C(O)C(=O)O)c(F)c1. The number of carboxylic acid groups (broad SMARTS) is 1. The van der Waals surface area contributed by atoms with Crippen LogP contribution in [0.2, 0.25) is 0 Å². The lowest BCUT2D eigenvalue weighted by Gasteiger charge is -2.09. The van der Waals surface area contributed by atoms with Crippen LogP contribution in [0.15, 0.2) is 18.2 Å². The summed E-state index contributed by atoms with van der Waals surface area (Å²) in [6, 6.07) is 3.15. The van der Waals surface area contributed by atoms with Crippen molar-refractivity contribution in [1.29, 1.82) is 0 Å². The van der Waals surface area contributed by atoms with Gasteiger partial charge >= 0.3 is 5.97 Å². The van der Waals surface area contributed by atoms with Crippen LogP contribution in [0.4, 0.5) is 4.39 Å². The minimum Gasteiger partial charge on any atom is -0.479 e. The lowest BCUT2D eigenvalue weighted by Crippen LogP contribution is -2.14. The Hall–Kier alpha value is -1.46. The van der Waals surface area contributed by atoms with E-state index in [0.717, 1.165) is 12.1 Å². The van der Waals surface area contributed by atoms with Gasteiger partial charge in [-0.1, -0.05) is 12.1 Å². The first-order chi connectivity index (χ1) is 7.84. The fourth-order valence-electron chi connectivity index (χ4n) is 1.26. The number of hydrogen-bond acceptors (Lipinski definition) is 3. The number of aliphatic hydroxyl groups excluding tert-OH is 1. The van der Waals surface area contributed by atoms with Gasteiger partial charge in [-0.25, -0.2) is 9.18 Å². The van der Waals surface area contributed by atoms with Crippen LogP contribution in [-0.4, -0.2) is 27.3 Å². The summed E-state index contributed by atoms with van der Waals surface area (Å²) in [4.78, 5) is 21.9. The number of halogens is 2. The Labute approximate surface area is 102 Å². The van der Waals surface area contributed by atoms with E-state index in [-0.39, 0.29) is 5.56 Å². The number of aliphatic carboxylic acids is 1. The molecule has 1 rings (SSSR count). The Morgan fingerprint density at radius 3 is 2.41 bits per heavy atom. The zero-order valence-corrected chi connectivity index (χ0v) is 9.61. The van der Waals surface area contributed by atoms with Crippen molar-refractivity contribution in [3.05, 3.63) is 35.1 Å². The van der Waals surface area contributed by atoms with Crippen LogP contribution in [0, 0.1) is 5.82 Å². The third-order valence-corrected chi connectivity index (χ3v) is 2.37. The maximum Gasteiger partial charge on any atom is 0.337 e. The summed E-state index contributed by atoms with van der Waals surface area (Å²) < 4.78 is 13.5. The summed E-state index contributed by atoms with van der Waals surface area (Å²) in [6.07, 6.45) is -1.95. The molecule has 0 aromatic heterocycles. The number of carbonyl (C=O) groups is 2. The molecule has 6 heteroatoms. The largest absolute Gasteiger partial charge is 0.479 e. The van der Waals surface area contributed by atoms with E-state index in [0.29, 0.717) is 0 Å². The highest BCUT2D eigenvalue weighted by molar-refractivity contribution is 6.33. The standard InChI is InChI=1S/C11H10ClFO4/c1-5(12)9(14)6-2-3-7(8(13)4-6)10(15)11(16)17/h2-5,10,15H,1H3,(H,16,17). The van der Waals surface area contributed by atoms with Crippen LogP contribution in [-0.2, 0) is 4.79 Å². The normalized spacial score (nSPS) is 14.1. The number of carboxylic acids is 1. The van der Waals surface area contributed by atoms with E-state index in [2.05, 4.69) is 0 Å². The molecule has 92 valence electrons. The van der Waals surface area contributed by atoms with Crippen molar-refractivity contribution in [1.82, 2.24) is 0 Å². The molecule has 17 heavy (non-hydrogen) atoms. The highest BCUT2D eigenvalue weighted by atomic mass is 35.5. The van der Waals surface area contributed by atoms with Gasteiger partial charge in [0.25, 0.3) is 0 Å². The molecule has 1 aromatic rings. The van der Waals surface area contributed by atoms with Crippen LogP contribution < -0.4 is 0 Å². The zero-order chi connectivity index (χ0) is 13.2. The van der Waals surface area contributed by atoms with Crippen molar-refractivity contribution >= 4 is 23.4 Å². The van der Waals surface area contributed by atoms with Crippen molar-refractivity contribution in [3.63, 3.8) is 0 Å². The van der Waals surface area contributed by atoms with Crippen LogP contribution >= 0.6 is 11.6 Å². The Bertz CT molecular complexity index is 459. The molecule has 1 aromatic carbocycles. The van der Waals surface area contributed by atoms with Crippen LogP contribution in [0.3, 0.4) is 0 Å². The van der Waals surface area contributed by atoms with E-state index in [1.54, 1.807) is 0 Å². The van der Waals surface area contributed by atoms with Gasteiger partial charge in [-0.15, -0.1) is 11.6 Å². The smallest absolute Gasteiger partial charge is 0.337 e. The Morgan fingerprint density at radius 2 is 2.00 bits per heavy atom. The molecule has 0 aliphatic heterocycles. The monoisotopic (exact) mass is 260 g/mol. The molecule has 0 saturated heterocycles. The molecular weight excluding hydrogens is 251 g/mol. The van der Waals surface area contributed by atoms with Crippen molar-refractivity contribution < 1.29 is 24.2 Å². The first-order valence-electron chi connectivity index (χ1n) is 4.73. The Morgan fingerprint density at radius 1 is 1.41 bits per heavy atom. The maximum atomic E-state index is 13.5. The molecule has 0 bridgehead atoms. The van der Waals surface area contributed by atoms with Gasteiger partial charge in [0.05, 0.1) is 5.38 Å². The quantitative estimate of drug-likeness (QED) is 0.639. The molecule has 0 heterocycles. The topological polar surface area (TPSA) is 74.6 Å². The van der Waals surface area contributed by atoms with E-state index in [4.69, 9.17) is 21.8 Å². The Balaban J connectivity index is 3.10. The first-order valence-corrected chi connectivity index (χ1v) is 5.17. The third kappa shape index (κ3) is 3.01. The predicted octanol–water partition coefficient (Wildman–Crippen LogP) is 1.75. The van der Waals surface area contributed by atoms with Gasteiger partial charge in [0.15, 0.2) is 11.9 Å². The number of carbonyl (C=O) groups excluding carboxylic acids is 1. The fraction of sp³-hybridized carbons (Fsp3) is 0.273. The van der Waals surface area contributed by atoms with Crippen molar-refractivity contribution in [2.45, 2.75) is 18.4 Å². The van der Waals surface area contributed by atoms with Gasteiger partial charge in [0.2, 0.25) is 0 Å². The van der Waals surface area contributed by atoms with E-state index in [1.807, 2.05) is 0 Å². The lowest BCUT2D eigenvalue weighted by atomic mass is 10.0. The van der Waals surface area contributed by atoms with Crippen molar-refractivity contribution in [2.75, 3.05) is 0 Å². The predicted molar refractivity (Wildman–Crippen MR) is 58.6 cm³/mol. The van der Waals surface area contributed by atoms with Gasteiger partial charge in [-0.05, 0) is 13.0 Å². The zero-order valence-electron chi connectivity index (χ0n) is 8.85. The molecule has 2 atom stereocenters. The molecule has 0 saturated carbocycles. The summed E-state index contributed by atoms with van der Waals surface area (Å²) in [5.74, 6) is -2.99. The van der Waals surface area contributed by atoms with E-state index >= 15 is 0 Å². The number of alkyl halides is 1. The third-order valence-electron chi connectivity index (χ3n) is 2.17. The molecule has 2 unspecified atom stereocenters. The number of benzene rings is 1.